The average molecular weight is 580 g/mol. The van der Waals surface area contributed by atoms with E-state index in [2.05, 4.69) is 12.2 Å². The normalized spacial score (nSPS) is 34.9. The predicted molar refractivity (Wildman–Crippen MR) is 153 cm³/mol. The van der Waals surface area contributed by atoms with Crippen molar-refractivity contribution in [2.45, 2.75) is 77.0 Å². The van der Waals surface area contributed by atoms with Gasteiger partial charge < -0.3 is 25.0 Å². The number of nitrogens with one attached hydrogen (secondary N) is 1. The molecule has 42 heavy (non-hydrogen) atoms. The number of aliphatic hydroxyl groups is 2. The number of fused-ring (bicyclic) bond motifs is 5. The van der Waals surface area contributed by atoms with Crippen molar-refractivity contribution >= 4 is 23.4 Å². The third-order valence-corrected chi connectivity index (χ3v) is 10.7. The van der Waals surface area contributed by atoms with Gasteiger partial charge in [0.15, 0.2) is 12.4 Å². The second kappa shape index (κ2) is 11.4. The molecule has 4 aliphatic carbocycles. The molecule has 3 N–H and O–H groups in total. The zero-order valence-electron chi connectivity index (χ0n) is 24.6. The number of hydrogen-bond acceptors (Lipinski definition) is 8. The van der Waals surface area contributed by atoms with E-state index in [0.29, 0.717) is 18.7 Å². The fourth-order valence-electron chi connectivity index (χ4n) is 8.37. The maximum atomic E-state index is 13.4. The molecule has 0 bridgehead atoms. The van der Waals surface area contributed by atoms with E-state index in [4.69, 9.17) is 9.47 Å². The van der Waals surface area contributed by atoms with Gasteiger partial charge in [0, 0.05) is 29.7 Å². The molecule has 3 saturated carbocycles. The van der Waals surface area contributed by atoms with Crippen molar-refractivity contribution in [3.63, 3.8) is 0 Å². The van der Waals surface area contributed by atoms with Crippen LogP contribution >= 0.6 is 0 Å². The van der Waals surface area contributed by atoms with Gasteiger partial charge in [-0.15, -0.1) is 0 Å². The van der Waals surface area contributed by atoms with E-state index in [-0.39, 0.29) is 55.1 Å². The Hall–Kier alpha value is -3.30. The van der Waals surface area contributed by atoms with Crippen molar-refractivity contribution in [2.24, 2.45) is 28.6 Å². The van der Waals surface area contributed by atoms with Crippen LogP contribution in [-0.4, -0.2) is 59.1 Å². The third-order valence-electron chi connectivity index (χ3n) is 10.7. The number of ketones is 2. The Labute approximate surface area is 246 Å². The van der Waals surface area contributed by atoms with E-state index in [1.54, 1.807) is 31.4 Å². The standard InChI is InChI=1S/C33H41NO8/c1-31-14-12-22(35)16-21(31)6-9-24-25-13-15-33(40,32(25,2)17-26(36)30(24)31)27(37)19-42-29(39)11-10-28(38)34-18-20-4-7-23(41-3)8-5-20/h4-5,7-8,12,14,16,24-26,30,36,40H,6,9-11,13,15,17-19H2,1-3H3,(H,34,38)/t24?,25?,26?,30?,31-,32-,33-/m0/s1. The van der Waals surface area contributed by atoms with Gasteiger partial charge >= 0.3 is 5.97 Å². The predicted octanol–water partition coefficient (Wildman–Crippen LogP) is 3.21. The monoisotopic (exact) mass is 579 g/mol. The first-order valence-corrected chi connectivity index (χ1v) is 14.8. The molecule has 9 nitrogen and oxygen atoms in total. The van der Waals surface area contributed by atoms with E-state index in [9.17, 15) is 29.4 Å². The first-order valence-electron chi connectivity index (χ1n) is 14.8. The molecule has 7 atom stereocenters. The van der Waals surface area contributed by atoms with E-state index in [0.717, 1.165) is 24.0 Å². The number of benzene rings is 1. The van der Waals surface area contributed by atoms with Crippen LogP contribution in [0.1, 0.15) is 64.4 Å². The van der Waals surface area contributed by atoms with Gasteiger partial charge in [-0.25, -0.2) is 0 Å². The summed E-state index contributed by atoms with van der Waals surface area (Å²) >= 11 is 0. The minimum atomic E-state index is -1.73. The number of methoxy groups -OCH3 is 1. The Kier molecular flexibility index (Phi) is 8.20. The van der Waals surface area contributed by atoms with Crippen LogP contribution in [0, 0.1) is 28.6 Å². The number of carbonyl (C=O) groups excluding carboxylic acids is 4. The molecular weight excluding hydrogens is 538 g/mol. The highest BCUT2D eigenvalue weighted by atomic mass is 16.5. The van der Waals surface area contributed by atoms with Crippen LogP contribution in [0.5, 0.6) is 5.75 Å². The fourth-order valence-corrected chi connectivity index (χ4v) is 8.37. The molecule has 0 radical (unpaired) electrons. The van der Waals surface area contributed by atoms with Gasteiger partial charge in [0.2, 0.25) is 11.7 Å². The summed E-state index contributed by atoms with van der Waals surface area (Å²) in [5.74, 6) is -0.899. The van der Waals surface area contributed by atoms with E-state index >= 15 is 0 Å². The highest BCUT2D eigenvalue weighted by molar-refractivity contribution is 6.01. The van der Waals surface area contributed by atoms with Crippen molar-refractivity contribution in [1.29, 1.82) is 0 Å². The van der Waals surface area contributed by atoms with Gasteiger partial charge in [0.25, 0.3) is 0 Å². The number of carbonyl (C=O) groups is 4. The first kappa shape index (κ1) is 30.2. The Balaban J connectivity index is 1.15. The maximum absolute atomic E-state index is 13.4. The van der Waals surface area contributed by atoms with Gasteiger partial charge in [-0.2, -0.15) is 0 Å². The summed E-state index contributed by atoms with van der Waals surface area (Å²) in [4.78, 5) is 50.0. The van der Waals surface area contributed by atoms with Crippen LogP contribution in [0.15, 0.2) is 48.1 Å². The Bertz CT molecular complexity index is 1320. The first-order chi connectivity index (χ1) is 19.9. The summed E-state index contributed by atoms with van der Waals surface area (Å²) in [5, 5.41) is 26.0. The number of amides is 1. The molecule has 0 aromatic heterocycles. The van der Waals surface area contributed by atoms with Crippen LogP contribution < -0.4 is 10.1 Å². The van der Waals surface area contributed by atoms with Crippen molar-refractivity contribution in [3.05, 3.63) is 53.6 Å². The van der Waals surface area contributed by atoms with Crippen molar-refractivity contribution < 1.29 is 38.9 Å². The van der Waals surface area contributed by atoms with Gasteiger partial charge in [0.1, 0.15) is 11.4 Å². The molecule has 4 unspecified atom stereocenters. The molecule has 0 spiro atoms. The van der Waals surface area contributed by atoms with Crippen molar-refractivity contribution in [2.75, 3.05) is 13.7 Å². The van der Waals surface area contributed by atoms with E-state index in [1.165, 1.54) is 0 Å². The average Bonchev–Trinajstić information content (AvgIpc) is 3.24. The zero-order chi connectivity index (χ0) is 30.3. The fraction of sp³-hybridized carbons (Fsp3) is 0.576. The van der Waals surface area contributed by atoms with Gasteiger partial charge in [-0.05, 0) is 73.8 Å². The van der Waals surface area contributed by atoms with Gasteiger partial charge in [0.05, 0.1) is 19.6 Å². The van der Waals surface area contributed by atoms with Crippen LogP contribution in [0.2, 0.25) is 0 Å². The lowest BCUT2D eigenvalue weighted by atomic mass is 9.46. The SMILES string of the molecule is COc1ccc(CNC(=O)CCC(=O)OCC(=O)[C@@]2(O)CCC3C4CCC5=CC(=O)C=C[C@]5(C)C4C(O)C[C@@]32C)cc1. The molecule has 1 aromatic rings. The van der Waals surface area contributed by atoms with E-state index in [1.807, 2.05) is 25.1 Å². The Morgan fingerprint density at radius 3 is 2.55 bits per heavy atom. The van der Waals surface area contributed by atoms with Crippen LogP contribution in [0.25, 0.3) is 0 Å². The lowest BCUT2D eigenvalue weighted by Gasteiger charge is -2.59. The second-order valence-electron chi connectivity index (χ2n) is 12.8. The molecule has 1 aromatic carbocycles. The summed E-state index contributed by atoms with van der Waals surface area (Å²) in [6, 6.07) is 7.26. The highest BCUT2D eigenvalue weighted by Gasteiger charge is 2.68. The summed E-state index contributed by atoms with van der Waals surface area (Å²) in [7, 11) is 1.58. The smallest absolute Gasteiger partial charge is 0.306 e. The Morgan fingerprint density at radius 2 is 1.83 bits per heavy atom. The van der Waals surface area contributed by atoms with Crippen molar-refractivity contribution in [3.8, 4) is 5.75 Å². The highest BCUT2D eigenvalue weighted by Crippen LogP contribution is 2.67. The summed E-state index contributed by atoms with van der Waals surface area (Å²) in [6.45, 7) is 3.69. The molecule has 3 fully saturated rings. The summed E-state index contributed by atoms with van der Waals surface area (Å²) in [5.41, 5.74) is -1.10. The molecule has 226 valence electrons. The number of ether oxygens (including phenoxy) is 2. The largest absolute Gasteiger partial charge is 0.497 e. The topological polar surface area (TPSA) is 139 Å². The quantitative estimate of drug-likeness (QED) is 0.379. The molecule has 1 amide bonds. The number of Topliss-reactive ketones (excluding diaryl/α,β-unsaturated/α-hetero) is 1. The number of allylic oxidation sites excluding steroid dienone is 4. The molecule has 5 rings (SSSR count). The summed E-state index contributed by atoms with van der Waals surface area (Å²) in [6.07, 6.45) is 6.81. The lowest BCUT2D eigenvalue weighted by molar-refractivity contribution is -0.181. The number of aliphatic hydroxyl groups excluding tert-OH is 1. The van der Waals surface area contributed by atoms with Gasteiger partial charge in [-0.3, -0.25) is 19.2 Å². The molecule has 4 aliphatic rings. The van der Waals surface area contributed by atoms with Crippen LogP contribution in [-0.2, 0) is 30.5 Å². The molecule has 0 saturated heterocycles. The van der Waals surface area contributed by atoms with Crippen molar-refractivity contribution in [1.82, 2.24) is 5.32 Å². The van der Waals surface area contributed by atoms with Crippen LogP contribution in [0.3, 0.4) is 0 Å². The van der Waals surface area contributed by atoms with E-state index < -0.39 is 40.9 Å². The number of hydrogen-bond donors (Lipinski definition) is 3. The zero-order valence-corrected chi connectivity index (χ0v) is 24.6. The minimum Gasteiger partial charge on any atom is -0.497 e. The maximum Gasteiger partial charge on any atom is 0.306 e. The minimum absolute atomic E-state index is 0.00866. The molecular formula is C33H41NO8. The van der Waals surface area contributed by atoms with Crippen LogP contribution in [0.4, 0.5) is 0 Å². The number of esters is 1. The Morgan fingerprint density at radius 1 is 1.10 bits per heavy atom. The lowest BCUT2D eigenvalue weighted by Crippen LogP contribution is -2.61. The molecule has 0 aliphatic heterocycles. The molecule has 0 heterocycles. The number of rotatable bonds is 9. The summed E-state index contributed by atoms with van der Waals surface area (Å²) < 4.78 is 10.3. The second-order valence-corrected chi connectivity index (χ2v) is 12.8. The van der Waals surface area contributed by atoms with Gasteiger partial charge in [-0.1, -0.05) is 37.6 Å². The molecule has 9 heteroatoms. The third kappa shape index (κ3) is 5.22.